The summed E-state index contributed by atoms with van der Waals surface area (Å²) in [5.74, 6) is 1.89. The average molecular weight is 279 g/mol. The predicted octanol–water partition coefficient (Wildman–Crippen LogP) is 3.61. The molecule has 3 rings (SSSR count). The van der Waals surface area contributed by atoms with Crippen molar-refractivity contribution in [3.05, 3.63) is 61.3 Å². The molecule has 0 radical (unpaired) electrons. The molecule has 0 amide bonds. The van der Waals surface area contributed by atoms with Gasteiger partial charge in [-0.2, -0.15) is 0 Å². The minimum absolute atomic E-state index is 0.328. The Morgan fingerprint density at radius 1 is 1.38 bits per heavy atom. The lowest BCUT2D eigenvalue weighted by Gasteiger charge is -2.19. The lowest BCUT2D eigenvalue weighted by atomic mass is 9.86. The Balaban J connectivity index is 1.87. The molecule has 0 N–H and O–H groups in total. The van der Waals surface area contributed by atoms with Crippen LogP contribution in [0.1, 0.15) is 17.9 Å². The molecule has 0 aromatic carbocycles. The molecule has 0 bridgehead atoms. The van der Waals surface area contributed by atoms with Crippen LogP contribution in [-0.2, 0) is 12.8 Å². The highest BCUT2D eigenvalue weighted by molar-refractivity contribution is 5.97. The number of aliphatic imine (C=N–C) groups is 1. The molecule has 1 aliphatic rings. The first-order chi connectivity index (χ1) is 10.3. The smallest absolute Gasteiger partial charge is 0.245 e. The Hall–Kier alpha value is -2.49. The van der Waals surface area contributed by atoms with E-state index in [0.29, 0.717) is 11.8 Å². The van der Waals surface area contributed by atoms with E-state index in [1.807, 2.05) is 18.2 Å². The summed E-state index contributed by atoms with van der Waals surface area (Å²) in [7, 11) is 0. The third-order valence-electron chi connectivity index (χ3n) is 3.69. The number of hydrogen-bond acceptors (Lipinski definition) is 4. The van der Waals surface area contributed by atoms with Crippen molar-refractivity contribution >= 4 is 5.71 Å². The molecule has 0 saturated heterocycles. The lowest BCUT2D eigenvalue weighted by Crippen LogP contribution is -2.20. The minimum atomic E-state index is 0.328. The molecular formula is C17H17N3O. The number of allylic oxidation sites excluding steroid dienone is 1. The van der Waals surface area contributed by atoms with Crippen LogP contribution < -0.4 is 0 Å². The van der Waals surface area contributed by atoms with Crippen LogP contribution in [0.4, 0.5) is 0 Å². The molecule has 0 aliphatic heterocycles. The van der Waals surface area contributed by atoms with E-state index in [1.165, 1.54) is 0 Å². The second-order valence-electron chi connectivity index (χ2n) is 4.98. The maximum atomic E-state index is 5.85. The summed E-state index contributed by atoms with van der Waals surface area (Å²) in [5.41, 5.74) is 2.75. The van der Waals surface area contributed by atoms with Crippen LogP contribution in [-0.4, -0.2) is 15.7 Å². The van der Waals surface area contributed by atoms with Crippen molar-refractivity contribution in [1.29, 1.82) is 0 Å². The lowest BCUT2D eigenvalue weighted by molar-refractivity contribution is 0.463. The normalized spacial score (nSPS) is 18.1. The molecule has 0 fully saturated rings. The number of aromatic nitrogens is 2. The molecule has 4 heteroatoms. The summed E-state index contributed by atoms with van der Waals surface area (Å²) in [5, 5.41) is 0. The Kier molecular flexibility index (Phi) is 3.77. The summed E-state index contributed by atoms with van der Waals surface area (Å²) in [6.45, 7) is 7.48. The van der Waals surface area contributed by atoms with Gasteiger partial charge < -0.3 is 4.42 Å². The number of pyridine rings is 1. The molecule has 4 nitrogen and oxygen atoms in total. The van der Waals surface area contributed by atoms with Gasteiger partial charge in [0.15, 0.2) is 0 Å². The molecular weight excluding hydrogens is 262 g/mol. The van der Waals surface area contributed by atoms with Crippen LogP contribution in [0.15, 0.2) is 59.2 Å². The maximum absolute atomic E-state index is 5.85. The first-order valence-corrected chi connectivity index (χ1v) is 7.03. The second kappa shape index (κ2) is 5.87. The van der Waals surface area contributed by atoms with Crippen molar-refractivity contribution in [2.24, 2.45) is 10.9 Å². The topological polar surface area (TPSA) is 51.3 Å². The Labute approximate surface area is 124 Å². The SMILES string of the molecule is C=CN=C(C=C)C1CCc2oc(-c3ccccn3)nc2C1. The van der Waals surface area contributed by atoms with E-state index in [1.54, 1.807) is 18.5 Å². The van der Waals surface area contributed by atoms with Crippen molar-refractivity contribution < 1.29 is 4.42 Å². The fourth-order valence-corrected chi connectivity index (χ4v) is 2.66. The molecule has 2 heterocycles. The first-order valence-electron chi connectivity index (χ1n) is 7.03. The van der Waals surface area contributed by atoms with Gasteiger partial charge >= 0.3 is 0 Å². The van der Waals surface area contributed by atoms with Gasteiger partial charge in [-0.25, -0.2) is 4.98 Å². The zero-order chi connectivity index (χ0) is 14.7. The van der Waals surface area contributed by atoms with Gasteiger partial charge in [0.25, 0.3) is 0 Å². The molecule has 21 heavy (non-hydrogen) atoms. The maximum Gasteiger partial charge on any atom is 0.245 e. The second-order valence-corrected chi connectivity index (χ2v) is 4.98. The highest BCUT2D eigenvalue weighted by Crippen LogP contribution is 2.30. The van der Waals surface area contributed by atoms with Gasteiger partial charge in [-0.3, -0.25) is 9.98 Å². The van der Waals surface area contributed by atoms with Crippen LogP contribution in [0, 0.1) is 5.92 Å². The summed E-state index contributed by atoms with van der Waals surface area (Å²) in [4.78, 5) is 13.2. The fourth-order valence-electron chi connectivity index (χ4n) is 2.66. The number of aryl methyl sites for hydroxylation is 1. The largest absolute Gasteiger partial charge is 0.440 e. The van der Waals surface area contributed by atoms with Crippen molar-refractivity contribution in [2.75, 3.05) is 0 Å². The molecule has 2 aromatic heterocycles. The van der Waals surface area contributed by atoms with Gasteiger partial charge in [0.05, 0.1) is 5.69 Å². The third-order valence-corrected chi connectivity index (χ3v) is 3.69. The summed E-state index contributed by atoms with van der Waals surface area (Å²) in [6, 6.07) is 5.72. The summed E-state index contributed by atoms with van der Waals surface area (Å²) >= 11 is 0. The number of nitrogens with zero attached hydrogens (tertiary/aromatic N) is 3. The van der Waals surface area contributed by atoms with E-state index >= 15 is 0 Å². The molecule has 0 spiro atoms. The number of hydrogen-bond donors (Lipinski definition) is 0. The van der Waals surface area contributed by atoms with Gasteiger partial charge in [0, 0.05) is 36.9 Å². The molecule has 106 valence electrons. The Bertz CT molecular complexity index is 685. The monoisotopic (exact) mass is 279 g/mol. The third kappa shape index (κ3) is 2.70. The molecule has 1 aliphatic carbocycles. The van der Waals surface area contributed by atoms with Gasteiger partial charge in [-0.1, -0.05) is 19.2 Å². The van der Waals surface area contributed by atoms with Crippen LogP contribution >= 0.6 is 0 Å². The van der Waals surface area contributed by atoms with Crippen LogP contribution in [0.25, 0.3) is 11.6 Å². The van der Waals surface area contributed by atoms with Crippen molar-refractivity contribution in [1.82, 2.24) is 9.97 Å². The van der Waals surface area contributed by atoms with E-state index in [0.717, 1.165) is 42.1 Å². The van der Waals surface area contributed by atoms with Crippen molar-refractivity contribution in [3.63, 3.8) is 0 Å². The number of oxazole rings is 1. The summed E-state index contributed by atoms with van der Waals surface area (Å²) < 4.78 is 5.85. The van der Waals surface area contributed by atoms with Crippen molar-refractivity contribution in [3.8, 4) is 11.6 Å². The molecule has 0 saturated carbocycles. The Morgan fingerprint density at radius 3 is 3.00 bits per heavy atom. The van der Waals surface area contributed by atoms with Gasteiger partial charge in [0.1, 0.15) is 11.5 Å². The Morgan fingerprint density at radius 2 is 2.29 bits per heavy atom. The summed E-state index contributed by atoms with van der Waals surface area (Å²) in [6.07, 6.45) is 7.79. The zero-order valence-corrected chi connectivity index (χ0v) is 11.8. The van der Waals surface area contributed by atoms with Crippen molar-refractivity contribution in [2.45, 2.75) is 19.3 Å². The van der Waals surface area contributed by atoms with Crippen LogP contribution in [0.3, 0.4) is 0 Å². The highest BCUT2D eigenvalue weighted by Gasteiger charge is 2.26. The minimum Gasteiger partial charge on any atom is -0.440 e. The average Bonchev–Trinajstić information content (AvgIpc) is 2.96. The standard InChI is InChI=1S/C17H17N3O/c1-3-13(18-4-2)12-8-9-16-15(11-12)20-17(21-16)14-7-5-6-10-19-14/h3-7,10,12H,1-2,8-9,11H2. The molecule has 1 atom stereocenters. The number of rotatable bonds is 4. The highest BCUT2D eigenvalue weighted by atomic mass is 16.4. The predicted molar refractivity (Wildman–Crippen MR) is 83.1 cm³/mol. The van der Waals surface area contributed by atoms with E-state index < -0.39 is 0 Å². The van der Waals surface area contributed by atoms with Crippen LogP contribution in [0.2, 0.25) is 0 Å². The first kappa shape index (κ1) is 13.5. The van der Waals surface area contributed by atoms with Gasteiger partial charge in [0.2, 0.25) is 5.89 Å². The fraction of sp³-hybridized carbons (Fsp3) is 0.235. The van der Waals surface area contributed by atoms with E-state index in [4.69, 9.17) is 4.42 Å². The number of fused-ring (bicyclic) bond motifs is 1. The quantitative estimate of drug-likeness (QED) is 0.803. The molecule has 1 unspecified atom stereocenters. The van der Waals surface area contributed by atoms with Gasteiger partial charge in [-0.05, 0) is 24.6 Å². The van der Waals surface area contributed by atoms with E-state index in [2.05, 4.69) is 28.1 Å². The zero-order valence-electron chi connectivity index (χ0n) is 11.8. The van der Waals surface area contributed by atoms with E-state index in [-0.39, 0.29) is 0 Å². The molecule has 2 aromatic rings. The van der Waals surface area contributed by atoms with E-state index in [9.17, 15) is 0 Å². The van der Waals surface area contributed by atoms with Crippen LogP contribution in [0.5, 0.6) is 0 Å². The van der Waals surface area contributed by atoms with Gasteiger partial charge in [-0.15, -0.1) is 0 Å².